The molecule has 0 unspecified atom stereocenters. The first-order chi connectivity index (χ1) is 13.7. The number of hydrogen-bond donors (Lipinski definition) is 1. The van der Waals surface area contributed by atoms with Gasteiger partial charge in [-0.05, 0) is 44.0 Å². The maximum Gasteiger partial charge on any atom is 0.243 e. The number of hydrogen-bond acceptors (Lipinski definition) is 5. The molecule has 0 radical (unpaired) electrons. The van der Waals surface area contributed by atoms with E-state index in [1.54, 1.807) is 12.1 Å². The fourth-order valence-electron chi connectivity index (χ4n) is 3.25. The second-order valence-corrected chi connectivity index (χ2v) is 9.76. The quantitative estimate of drug-likeness (QED) is 0.617. The van der Waals surface area contributed by atoms with Gasteiger partial charge in [0.2, 0.25) is 15.9 Å². The summed E-state index contributed by atoms with van der Waals surface area (Å²) in [4.78, 5) is 18.1. The fraction of sp³-hybridized carbons (Fsp3) is 0.400. The maximum atomic E-state index is 12.9. The van der Waals surface area contributed by atoms with E-state index in [1.807, 2.05) is 50.6 Å². The van der Waals surface area contributed by atoms with Crippen LogP contribution in [0.1, 0.15) is 36.4 Å². The number of imidazole rings is 1. The molecule has 0 bridgehead atoms. The summed E-state index contributed by atoms with van der Waals surface area (Å²) in [7, 11) is -3.60. The largest absolute Gasteiger partial charge is 0.325 e. The minimum atomic E-state index is -3.60. The summed E-state index contributed by atoms with van der Waals surface area (Å²) in [6.45, 7) is 10.0. The van der Waals surface area contributed by atoms with Gasteiger partial charge < -0.3 is 5.32 Å². The number of benzene rings is 1. The van der Waals surface area contributed by atoms with Crippen LogP contribution in [0.5, 0.6) is 0 Å². The van der Waals surface area contributed by atoms with Crippen LogP contribution in [-0.4, -0.2) is 41.1 Å². The Kier molecular flexibility index (Phi) is 6.11. The van der Waals surface area contributed by atoms with Crippen molar-refractivity contribution in [3.8, 4) is 0 Å². The minimum absolute atomic E-state index is 0.182. The van der Waals surface area contributed by atoms with E-state index in [4.69, 9.17) is 0 Å². The van der Waals surface area contributed by atoms with Crippen LogP contribution >= 0.6 is 11.3 Å². The number of carbonyl (C=O) groups excluding carboxylic acids is 1. The number of fused-ring (bicyclic) bond motifs is 1. The molecule has 9 heteroatoms. The van der Waals surface area contributed by atoms with E-state index in [0.717, 1.165) is 27.5 Å². The molecular formula is C20H26N4O3S2. The van der Waals surface area contributed by atoms with Gasteiger partial charge in [0.15, 0.2) is 4.96 Å². The number of nitrogens with zero attached hydrogens (tertiary/aromatic N) is 3. The Balaban J connectivity index is 1.88. The molecule has 2 heterocycles. The molecule has 1 amide bonds. The average molecular weight is 435 g/mol. The predicted octanol–water partition coefficient (Wildman–Crippen LogP) is 3.53. The van der Waals surface area contributed by atoms with E-state index in [9.17, 15) is 13.2 Å². The molecule has 3 rings (SSSR count). The van der Waals surface area contributed by atoms with Gasteiger partial charge in [-0.3, -0.25) is 9.20 Å². The van der Waals surface area contributed by atoms with Crippen LogP contribution in [0.25, 0.3) is 4.96 Å². The average Bonchev–Trinajstić information content (AvgIpc) is 3.19. The molecule has 0 atom stereocenters. The molecule has 0 aliphatic carbocycles. The third-order valence-corrected chi connectivity index (χ3v) is 7.92. The van der Waals surface area contributed by atoms with Crippen molar-refractivity contribution in [1.82, 2.24) is 13.7 Å². The molecule has 0 saturated carbocycles. The highest BCUT2D eigenvalue weighted by atomic mass is 32.2. The number of sulfonamides is 1. The van der Waals surface area contributed by atoms with Gasteiger partial charge in [0.1, 0.15) is 0 Å². The van der Waals surface area contributed by atoms with Crippen molar-refractivity contribution >= 4 is 37.9 Å². The van der Waals surface area contributed by atoms with Crippen LogP contribution in [0.4, 0.5) is 5.69 Å². The Hall–Kier alpha value is -2.23. The van der Waals surface area contributed by atoms with Crippen LogP contribution < -0.4 is 5.32 Å². The summed E-state index contributed by atoms with van der Waals surface area (Å²) in [5.41, 5.74) is 3.94. The van der Waals surface area contributed by atoms with Crippen molar-refractivity contribution in [2.24, 2.45) is 0 Å². The summed E-state index contributed by atoms with van der Waals surface area (Å²) in [5.74, 6) is -0.198. The molecule has 29 heavy (non-hydrogen) atoms. The lowest BCUT2D eigenvalue weighted by molar-refractivity contribution is -0.115. The highest BCUT2D eigenvalue weighted by Crippen LogP contribution is 2.26. The van der Waals surface area contributed by atoms with Crippen molar-refractivity contribution in [2.75, 3.05) is 18.4 Å². The first-order valence-electron chi connectivity index (χ1n) is 9.50. The van der Waals surface area contributed by atoms with E-state index < -0.39 is 10.0 Å². The molecule has 3 aromatic rings. The number of carbonyl (C=O) groups is 1. The Morgan fingerprint density at radius 2 is 1.90 bits per heavy atom. The molecule has 0 saturated heterocycles. The third kappa shape index (κ3) is 4.22. The number of anilines is 1. The van der Waals surface area contributed by atoms with Gasteiger partial charge in [0.05, 0.1) is 17.0 Å². The lowest BCUT2D eigenvalue weighted by Gasteiger charge is -2.20. The molecule has 0 spiro atoms. The summed E-state index contributed by atoms with van der Waals surface area (Å²) >= 11 is 1.49. The van der Waals surface area contributed by atoms with Gasteiger partial charge in [-0.15, -0.1) is 11.3 Å². The van der Waals surface area contributed by atoms with Crippen LogP contribution in [-0.2, 0) is 21.2 Å². The molecule has 156 valence electrons. The van der Waals surface area contributed by atoms with E-state index in [1.165, 1.54) is 15.6 Å². The smallest absolute Gasteiger partial charge is 0.243 e. The van der Waals surface area contributed by atoms with Crippen LogP contribution in [0.3, 0.4) is 0 Å². The molecule has 1 aromatic carbocycles. The molecule has 1 N–H and O–H groups in total. The lowest BCUT2D eigenvalue weighted by Crippen LogP contribution is -2.30. The van der Waals surface area contributed by atoms with Crippen LogP contribution in [0.2, 0.25) is 0 Å². The van der Waals surface area contributed by atoms with Gasteiger partial charge in [-0.25, -0.2) is 13.4 Å². The SMILES string of the molecule is CCN(CC)S(=O)(=O)c1cc(C)c(C)c(NC(=O)Cc2csc3nc(C)cn23)c1. The van der Waals surface area contributed by atoms with Crippen molar-refractivity contribution < 1.29 is 13.2 Å². The minimum Gasteiger partial charge on any atom is -0.325 e. The van der Waals surface area contributed by atoms with Gasteiger partial charge in [0.25, 0.3) is 0 Å². The standard InChI is InChI=1S/C20H26N4O3S2/c1-6-23(7-2)29(26,27)17-8-13(3)15(5)18(10-17)22-19(25)9-16-12-28-20-21-14(4)11-24(16)20/h8,10-12H,6-7,9H2,1-5H3,(H,22,25). The van der Waals surface area contributed by atoms with Gasteiger partial charge >= 0.3 is 0 Å². The second kappa shape index (κ2) is 8.25. The van der Waals surface area contributed by atoms with Crippen LogP contribution in [0.15, 0.2) is 28.6 Å². The van der Waals surface area contributed by atoms with Gasteiger partial charge in [-0.2, -0.15) is 4.31 Å². The molecule has 0 aliphatic rings. The Labute approximate surface area is 175 Å². The molecular weight excluding hydrogens is 408 g/mol. The second-order valence-electron chi connectivity index (χ2n) is 6.99. The number of aryl methyl sites for hydroxylation is 2. The van der Waals surface area contributed by atoms with Crippen molar-refractivity contribution in [3.63, 3.8) is 0 Å². The highest BCUT2D eigenvalue weighted by Gasteiger charge is 2.23. The van der Waals surface area contributed by atoms with Crippen molar-refractivity contribution in [3.05, 3.63) is 46.2 Å². The van der Waals surface area contributed by atoms with Gasteiger partial charge in [-0.1, -0.05) is 13.8 Å². The normalized spacial score (nSPS) is 12.1. The van der Waals surface area contributed by atoms with Crippen molar-refractivity contribution in [2.45, 2.75) is 45.9 Å². The molecule has 0 fully saturated rings. The number of nitrogens with one attached hydrogen (secondary N) is 1. The number of aromatic nitrogens is 2. The first kappa shape index (κ1) is 21.5. The monoisotopic (exact) mass is 434 g/mol. The Morgan fingerprint density at radius 3 is 2.55 bits per heavy atom. The molecule has 7 nitrogen and oxygen atoms in total. The Bertz CT molecular complexity index is 1160. The van der Waals surface area contributed by atoms with Crippen LogP contribution in [0, 0.1) is 20.8 Å². The first-order valence-corrected chi connectivity index (χ1v) is 11.8. The van der Waals surface area contributed by atoms with E-state index in [0.29, 0.717) is 18.8 Å². The maximum absolute atomic E-state index is 12.9. The van der Waals surface area contributed by atoms with E-state index >= 15 is 0 Å². The summed E-state index contributed by atoms with van der Waals surface area (Å²) < 4.78 is 29.1. The topological polar surface area (TPSA) is 83.8 Å². The summed E-state index contributed by atoms with van der Waals surface area (Å²) in [6, 6.07) is 3.22. The zero-order valence-corrected chi connectivity index (χ0v) is 18.9. The predicted molar refractivity (Wildman–Crippen MR) is 116 cm³/mol. The fourth-order valence-corrected chi connectivity index (χ4v) is 5.73. The lowest BCUT2D eigenvalue weighted by atomic mass is 10.1. The van der Waals surface area contributed by atoms with E-state index in [-0.39, 0.29) is 17.2 Å². The number of rotatable bonds is 7. The molecule has 0 aliphatic heterocycles. The third-order valence-electron chi connectivity index (χ3n) is 5.00. The summed E-state index contributed by atoms with van der Waals surface area (Å²) in [6.07, 6.45) is 2.09. The van der Waals surface area contributed by atoms with E-state index in [2.05, 4.69) is 10.3 Å². The Morgan fingerprint density at radius 1 is 1.21 bits per heavy atom. The summed E-state index contributed by atoms with van der Waals surface area (Å²) in [5, 5.41) is 4.81. The molecule has 2 aromatic heterocycles. The van der Waals surface area contributed by atoms with Gasteiger partial charge in [0, 0.05) is 36.0 Å². The zero-order chi connectivity index (χ0) is 21.3. The zero-order valence-electron chi connectivity index (χ0n) is 17.3. The number of thiazole rings is 1. The van der Waals surface area contributed by atoms with Crippen molar-refractivity contribution in [1.29, 1.82) is 0 Å². The highest BCUT2D eigenvalue weighted by molar-refractivity contribution is 7.89. The number of amides is 1.